The largest absolute Gasteiger partial charge is 0.487 e. The van der Waals surface area contributed by atoms with Crippen LogP contribution >= 0.6 is 0 Å². The molecule has 13 heteroatoms. The second-order valence-electron chi connectivity index (χ2n) is 18.0. The number of H-pyrrole nitrogens is 1. The van der Waals surface area contributed by atoms with Crippen LogP contribution in [-0.2, 0) is 35.7 Å². The third-order valence-corrected chi connectivity index (χ3v) is 15.6. The lowest BCUT2D eigenvalue weighted by Gasteiger charge is -2.41. The minimum absolute atomic E-state index is 0.138. The minimum atomic E-state index is -2.48. The lowest BCUT2D eigenvalue weighted by atomic mass is 9.86. The molecule has 0 bridgehead atoms. The molecule has 4 aromatic carbocycles. The Balaban J connectivity index is 1.37. The SMILES string of the molecule is COC(=O)C(O)(c1ccccc1)c1cccc(NC(=O)CCCCN(C[C@H](O[Si](C)(C)C(C)(C)C)c2ccc(OCc3ccccc3)c3[nH]c(=O)ccc23)C(=O)OC(C)(C)C)c1. The number of carbonyl (C=O) groups is 3. The third kappa shape index (κ3) is 12.0. The molecule has 12 nitrogen and oxygen atoms in total. The number of pyridine rings is 1. The molecule has 3 N–H and O–H groups in total. The maximum Gasteiger partial charge on any atom is 0.410 e. The van der Waals surface area contributed by atoms with Crippen LogP contribution in [0.4, 0.5) is 10.5 Å². The molecule has 62 heavy (non-hydrogen) atoms. The Labute approximate surface area is 365 Å². The van der Waals surface area contributed by atoms with Crippen molar-refractivity contribution in [3.8, 4) is 5.75 Å². The Morgan fingerprint density at radius 2 is 1.48 bits per heavy atom. The van der Waals surface area contributed by atoms with Crippen molar-refractivity contribution in [3.63, 3.8) is 0 Å². The normalized spacial score (nSPS) is 13.5. The summed E-state index contributed by atoms with van der Waals surface area (Å²) in [5, 5.41) is 15.1. The van der Waals surface area contributed by atoms with Gasteiger partial charge in [0.15, 0.2) is 8.32 Å². The van der Waals surface area contributed by atoms with E-state index in [9.17, 15) is 24.3 Å². The number of hydrogen-bond acceptors (Lipinski definition) is 9. The number of hydrogen-bond donors (Lipinski definition) is 3. The molecule has 0 aliphatic heterocycles. The predicted molar refractivity (Wildman–Crippen MR) is 245 cm³/mol. The number of carbonyl (C=O) groups excluding carboxylic acids is 3. The van der Waals surface area contributed by atoms with Crippen LogP contribution in [0, 0.1) is 0 Å². The molecule has 5 rings (SSSR count). The van der Waals surface area contributed by atoms with E-state index in [1.54, 1.807) is 65.6 Å². The van der Waals surface area contributed by atoms with Crippen molar-refractivity contribution in [2.45, 2.75) is 103 Å². The summed E-state index contributed by atoms with van der Waals surface area (Å²) in [6.07, 6.45) is -0.0873. The number of anilines is 1. The first-order valence-corrected chi connectivity index (χ1v) is 23.9. The van der Waals surface area contributed by atoms with E-state index in [-0.39, 0.29) is 41.6 Å². The lowest BCUT2D eigenvalue weighted by molar-refractivity contribution is -0.158. The zero-order valence-electron chi connectivity index (χ0n) is 37.4. The van der Waals surface area contributed by atoms with Crippen molar-refractivity contribution in [2.24, 2.45) is 0 Å². The van der Waals surface area contributed by atoms with Gasteiger partial charge in [-0.05, 0) is 92.7 Å². The van der Waals surface area contributed by atoms with E-state index in [0.29, 0.717) is 42.0 Å². The molecule has 5 aromatic rings. The summed E-state index contributed by atoms with van der Waals surface area (Å²) in [4.78, 5) is 57.5. The molecule has 0 spiro atoms. The van der Waals surface area contributed by atoms with E-state index < -0.39 is 37.7 Å². The first kappa shape index (κ1) is 47.3. The van der Waals surface area contributed by atoms with Crippen molar-refractivity contribution >= 4 is 42.9 Å². The number of aliphatic hydroxyl groups is 1. The van der Waals surface area contributed by atoms with Crippen LogP contribution in [0.1, 0.15) is 89.2 Å². The number of methoxy groups -OCH3 is 1. The number of amides is 2. The number of aromatic nitrogens is 1. The van der Waals surface area contributed by atoms with E-state index in [4.69, 9.17) is 18.6 Å². The number of fused-ring (bicyclic) bond motifs is 1. The number of aromatic amines is 1. The number of benzene rings is 4. The summed E-state index contributed by atoms with van der Waals surface area (Å²) in [7, 11) is -1.27. The number of nitrogens with one attached hydrogen (secondary N) is 2. The van der Waals surface area contributed by atoms with E-state index in [1.807, 2.05) is 63.2 Å². The third-order valence-electron chi connectivity index (χ3n) is 11.1. The number of unbranched alkanes of at least 4 members (excludes halogenated alkanes) is 1. The molecule has 0 saturated heterocycles. The highest BCUT2D eigenvalue weighted by molar-refractivity contribution is 6.74. The fraction of sp³-hybridized carbons (Fsp3) is 0.388. The van der Waals surface area contributed by atoms with Gasteiger partial charge in [0.2, 0.25) is 17.1 Å². The van der Waals surface area contributed by atoms with E-state index in [2.05, 4.69) is 44.2 Å². The van der Waals surface area contributed by atoms with Gasteiger partial charge in [-0.2, -0.15) is 0 Å². The molecule has 0 aliphatic rings. The zero-order chi connectivity index (χ0) is 45.3. The quantitative estimate of drug-likeness (QED) is 0.0471. The number of nitrogens with zero attached hydrogens (tertiary/aromatic N) is 1. The Morgan fingerprint density at radius 3 is 2.13 bits per heavy atom. The summed E-state index contributed by atoms with van der Waals surface area (Å²) >= 11 is 0. The van der Waals surface area contributed by atoms with Crippen molar-refractivity contribution in [1.82, 2.24) is 9.88 Å². The molecule has 0 fully saturated rings. The monoisotopic (exact) mass is 863 g/mol. The highest BCUT2D eigenvalue weighted by Crippen LogP contribution is 2.42. The van der Waals surface area contributed by atoms with E-state index in [1.165, 1.54) is 13.2 Å². The van der Waals surface area contributed by atoms with Gasteiger partial charge >= 0.3 is 12.1 Å². The molecule has 1 heterocycles. The maximum absolute atomic E-state index is 14.0. The zero-order valence-corrected chi connectivity index (χ0v) is 38.4. The van der Waals surface area contributed by atoms with Gasteiger partial charge in [-0.15, -0.1) is 0 Å². The van der Waals surface area contributed by atoms with Crippen molar-refractivity contribution < 1.29 is 38.1 Å². The molecule has 0 aliphatic carbocycles. The molecule has 0 saturated carbocycles. The molecule has 0 radical (unpaired) electrons. The molecule has 1 aromatic heterocycles. The van der Waals surface area contributed by atoms with Crippen LogP contribution in [0.15, 0.2) is 114 Å². The number of rotatable bonds is 17. The standard InChI is InChI=1S/C49H61N3O9Si/c1-47(2,3)60-46(56)52(30-17-16-25-42(53)50-37-24-18-23-36(31-37)49(57,45(55)58-7)35-21-14-11-15-22-35)32-41(61-62(8,9)48(4,5)6)38-26-28-40(44-39(38)27-29-43(54)51-44)59-33-34-19-12-10-13-20-34/h10-15,18-24,26-29,31,41,57H,16-17,25,30,32-33H2,1-9H3,(H,50,53)(H,51,54)/t41-,49?/m0/s1. The molecule has 330 valence electrons. The summed E-state index contributed by atoms with van der Waals surface area (Å²) in [6.45, 7) is 16.9. The van der Waals surface area contributed by atoms with Crippen LogP contribution in [0.3, 0.4) is 0 Å². The van der Waals surface area contributed by atoms with Crippen molar-refractivity contribution in [2.75, 3.05) is 25.5 Å². The fourth-order valence-electron chi connectivity index (χ4n) is 6.76. The van der Waals surface area contributed by atoms with Gasteiger partial charge in [0.1, 0.15) is 18.0 Å². The van der Waals surface area contributed by atoms with Gasteiger partial charge in [0.05, 0.1) is 25.3 Å². The van der Waals surface area contributed by atoms with Gasteiger partial charge in [-0.1, -0.05) is 99.6 Å². The second-order valence-corrected chi connectivity index (χ2v) is 22.7. The fourth-order valence-corrected chi connectivity index (χ4v) is 8.03. The number of esters is 1. The maximum atomic E-state index is 14.0. The second kappa shape index (κ2) is 20.0. The predicted octanol–water partition coefficient (Wildman–Crippen LogP) is 9.63. The average Bonchev–Trinajstić information content (AvgIpc) is 3.22. The van der Waals surface area contributed by atoms with Crippen LogP contribution in [-0.4, -0.2) is 67.1 Å². The summed E-state index contributed by atoms with van der Waals surface area (Å²) in [6, 6.07) is 31.7. The first-order valence-electron chi connectivity index (χ1n) is 21.0. The summed E-state index contributed by atoms with van der Waals surface area (Å²) in [5.74, 6) is -0.617. The number of ether oxygens (including phenoxy) is 3. The van der Waals surface area contributed by atoms with E-state index >= 15 is 0 Å². The highest BCUT2D eigenvalue weighted by atomic mass is 28.4. The van der Waals surface area contributed by atoms with Crippen LogP contribution < -0.4 is 15.6 Å². The van der Waals surface area contributed by atoms with Gasteiger partial charge in [-0.3, -0.25) is 9.59 Å². The minimum Gasteiger partial charge on any atom is -0.487 e. The van der Waals surface area contributed by atoms with Gasteiger partial charge in [0.25, 0.3) is 0 Å². The Morgan fingerprint density at radius 1 is 0.823 bits per heavy atom. The van der Waals surface area contributed by atoms with Crippen LogP contribution in [0.2, 0.25) is 18.1 Å². The highest BCUT2D eigenvalue weighted by Gasteiger charge is 2.42. The smallest absolute Gasteiger partial charge is 0.410 e. The Kier molecular flexibility index (Phi) is 15.2. The summed E-state index contributed by atoms with van der Waals surface area (Å²) in [5.41, 5.74) is 0.132. The molecule has 2 atom stereocenters. The van der Waals surface area contributed by atoms with Gasteiger partial charge < -0.3 is 38.9 Å². The first-order chi connectivity index (χ1) is 29.2. The van der Waals surface area contributed by atoms with Crippen LogP contribution in [0.25, 0.3) is 10.9 Å². The molecule has 1 unspecified atom stereocenters. The van der Waals surface area contributed by atoms with Crippen LogP contribution in [0.5, 0.6) is 5.75 Å². The van der Waals surface area contributed by atoms with Gasteiger partial charge in [-0.25, -0.2) is 9.59 Å². The van der Waals surface area contributed by atoms with E-state index in [0.717, 1.165) is 16.5 Å². The lowest BCUT2D eigenvalue weighted by Crippen LogP contribution is -2.46. The molecular weight excluding hydrogens is 803 g/mol. The average molecular weight is 864 g/mol. The van der Waals surface area contributed by atoms with Crippen molar-refractivity contribution in [3.05, 3.63) is 142 Å². The summed E-state index contributed by atoms with van der Waals surface area (Å²) < 4.78 is 24.3. The Bertz CT molecular complexity index is 2370. The van der Waals surface area contributed by atoms with Gasteiger partial charge in [0, 0.05) is 35.7 Å². The Hall–Kier alpha value is -5.76. The molecular formula is C49H61N3O9Si. The topological polar surface area (TPSA) is 156 Å². The van der Waals surface area contributed by atoms with Crippen molar-refractivity contribution in [1.29, 1.82) is 0 Å². The molecule has 2 amide bonds.